The number of aromatic nitrogens is 6. The Kier molecular flexibility index (Phi) is 3.42. The molecule has 0 saturated heterocycles. The van der Waals surface area contributed by atoms with Gasteiger partial charge in [0.2, 0.25) is 11.9 Å². The largest absolute Gasteiger partial charge is 0.396 e. The van der Waals surface area contributed by atoms with Crippen molar-refractivity contribution in [3.05, 3.63) is 12.7 Å². The second kappa shape index (κ2) is 5.37. The zero-order valence-electron chi connectivity index (χ0n) is 10.8. The molecule has 0 spiro atoms. The zero-order chi connectivity index (χ0) is 13.9. The topological polar surface area (TPSA) is 128 Å². The van der Waals surface area contributed by atoms with Gasteiger partial charge in [-0.3, -0.25) is 0 Å². The van der Waals surface area contributed by atoms with Crippen molar-refractivity contribution in [2.75, 3.05) is 17.7 Å². The van der Waals surface area contributed by atoms with Crippen molar-refractivity contribution in [1.29, 1.82) is 0 Å². The summed E-state index contributed by atoms with van der Waals surface area (Å²) in [4.78, 5) is 16.2. The van der Waals surface area contributed by atoms with E-state index in [2.05, 4.69) is 30.4 Å². The summed E-state index contributed by atoms with van der Waals surface area (Å²) in [7, 11) is 0. The second-order valence-electron chi connectivity index (χ2n) is 4.78. The average molecular weight is 276 g/mol. The Hall–Kier alpha value is -2.29. The van der Waals surface area contributed by atoms with Gasteiger partial charge in [-0.1, -0.05) is 6.42 Å². The van der Waals surface area contributed by atoms with Crippen LogP contribution < -0.4 is 11.1 Å². The highest BCUT2D eigenvalue weighted by Crippen LogP contribution is 2.27. The van der Waals surface area contributed by atoms with Gasteiger partial charge >= 0.3 is 0 Å². The summed E-state index contributed by atoms with van der Waals surface area (Å²) in [5.41, 5.74) is 5.69. The van der Waals surface area contributed by atoms with Gasteiger partial charge < -0.3 is 16.2 Å². The highest BCUT2D eigenvalue weighted by molar-refractivity contribution is 5.35. The molecule has 1 saturated carbocycles. The Morgan fingerprint density at radius 3 is 3.00 bits per heavy atom. The summed E-state index contributed by atoms with van der Waals surface area (Å²) in [6.45, 7) is 0.161. The van der Waals surface area contributed by atoms with Gasteiger partial charge in [0.1, 0.15) is 12.7 Å². The van der Waals surface area contributed by atoms with Crippen LogP contribution in [0.2, 0.25) is 0 Å². The summed E-state index contributed by atoms with van der Waals surface area (Å²) >= 11 is 0. The van der Waals surface area contributed by atoms with E-state index in [1.807, 2.05) is 0 Å². The third-order valence-electron chi connectivity index (χ3n) is 3.47. The second-order valence-corrected chi connectivity index (χ2v) is 4.78. The predicted octanol–water partition coefficient (Wildman–Crippen LogP) is -0.393. The monoisotopic (exact) mass is 276 g/mol. The molecule has 1 fully saturated rings. The number of nitrogens with one attached hydrogen (secondary N) is 1. The molecular formula is C11H16N8O. The smallest absolute Gasteiger partial charge is 0.258 e. The molecule has 0 amide bonds. The molecule has 0 aliphatic heterocycles. The van der Waals surface area contributed by atoms with Crippen LogP contribution in [-0.4, -0.2) is 47.5 Å². The quantitative estimate of drug-likeness (QED) is 0.688. The van der Waals surface area contributed by atoms with Gasteiger partial charge in [0.05, 0.1) is 0 Å². The summed E-state index contributed by atoms with van der Waals surface area (Å²) in [6, 6.07) is 0.158. The molecular weight excluding hydrogens is 260 g/mol. The summed E-state index contributed by atoms with van der Waals surface area (Å²) in [5.74, 6) is 1.05. The third-order valence-corrected chi connectivity index (χ3v) is 3.47. The SMILES string of the molecule is Nc1nc(NC2CCCC2CO)nc(-n2cncn2)n1. The van der Waals surface area contributed by atoms with Gasteiger partial charge in [-0.25, -0.2) is 4.98 Å². The average Bonchev–Trinajstić information content (AvgIpc) is 3.08. The number of aliphatic hydroxyl groups is 1. The first-order valence-electron chi connectivity index (χ1n) is 6.50. The van der Waals surface area contributed by atoms with Gasteiger partial charge in [-0.2, -0.15) is 24.7 Å². The van der Waals surface area contributed by atoms with E-state index in [0.29, 0.717) is 11.9 Å². The highest BCUT2D eigenvalue weighted by atomic mass is 16.3. The minimum absolute atomic E-state index is 0.117. The van der Waals surface area contributed by atoms with Crippen molar-refractivity contribution in [1.82, 2.24) is 29.7 Å². The number of nitrogen functional groups attached to an aromatic ring is 1. The number of nitrogens with zero attached hydrogens (tertiary/aromatic N) is 6. The van der Waals surface area contributed by atoms with Gasteiger partial charge in [0.25, 0.3) is 5.95 Å². The number of aliphatic hydroxyl groups excluding tert-OH is 1. The first-order valence-corrected chi connectivity index (χ1v) is 6.50. The number of hydrogen-bond donors (Lipinski definition) is 3. The van der Waals surface area contributed by atoms with E-state index in [1.165, 1.54) is 17.3 Å². The standard InChI is InChI=1S/C11H16N8O/c12-9-16-10(15-8-3-1-2-7(8)4-20)18-11(17-9)19-6-13-5-14-19/h5-8,20H,1-4H2,(H3,12,15,16,17,18). The molecule has 1 aliphatic rings. The van der Waals surface area contributed by atoms with Crippen LogP contribution in [0.15, 0.2) is 12.7 Å². The van der Waals surface area contributed by atoms with Gasteiger partial charge in [-0.15, -0.1) is 0 Å². The van der Waals surface area contributed by atoms with Crippen molar-refractivity contribution in [3.63, 3.8) is 0 Å². The molecule has 2 aromatic rings. The first kappa shape index (κ1) is 12.7. The number of nitrogens with two attached hydrogens (primary N) is 1. The normalized spacial score (nSPS) is 22.1. The fourth-order valence-electron chi connectivity index (χ4n) is 2.47. The fourth-order valence-corrected chi connectivity index (χ4v) is 2.47. The van der Waals surface area contributed by atoms with Crippen LogP contribution in [0, 0.1) is 5.92 Å². The molecule has 1 aliphatic carbocycles. The maximum atomic E-state index is 9.33. The van der Waals surface area contributed by atoms with Crippen molar-refractivity contribution in [2.24, 2.45) is 5.92 Å². The van der Waals surface area contributed by atoms with Crippen molar-refractivity contribution in [3.8, 4) is 5.95 Å². The van der Waals surface area contributed by atoms with Crippen LogP contribution in [0.1, 0.15) is 19.3 Å². The molecule has 4 N–H and O–H groups in total. The molecule has 0 radical (unpaired) electrons. The van der Waals surface area contributed by atoms with E-state index in [9.17, 15) is 5.11 Å². The molecule has 0 bridgehead atoms. The van der Waals surface area contributed by atoms with Gasteiger partial charge in [0.15, 0.2) is 0 Å². The van der Waals surface area contributed by atoms with Crippen LogP contribution >= 0.6 is 0 Å². The van der Waals surface area contributed by atoms with Crippen molar-refractivity contribution in [2.45, 2.75) is 25.3 Å². The zero-order valence-corrected chi connectivity index (χ0v) is 10.8. The van der Waals surface area contributed by atoms with Crippen molar-refractivity contribution >= 4 is 11.9 Å². The molecule has 3 rings (SSSR count). The van der Waals surface area contributed by atoms with E-state index >= 15 is 0 Å². The lowest BCUT2D eigenvalue weighted by atomic mass is 10.1. The Morgan fingerprint density at radius 2 is 2.25 bits per heavy atom. The summed E-state index contributed by atoms with van der Waals surface area (Å²) in [6.07, 6.45) is 5.95. The minimum atomic E-state index is 0.117. The van der Waals surface area contributed by atoms with Crippen LogP contribution in [0.5, 0.6) is 0 Å². The molecule has 0 aromatic carbocycles. The molecule has 2 aromatic heterocycles. The summed E-state index contributed by atoms with van der Waals surface area (Å²) in [5, 5.41) is 16.5. The first-order chi connectivity index (χ1) is 9.76. The molecule has 106 valence electrons. The van der Waals surface area contributed by atoms with E-state index in [-0.39, 0.29) is 24.5 Å². The van der Waals surface area contributed by atoms with Gasteiger partial charge in [0, 0.05) is 18.6 Å². The summed E-state index contributed by atoms with van der Waals surface area (Å²) < 4.78 is 1.42. The number of rotatable bonds is 4. The van der Waals surface area contributed by atoms with Crippen LogP contribution in [0.25, 0.3) is 5.95 Å². The molecule has 9 heteroatoms. The Bertz CT molecular complexity index is 572. The Morgan fingerprint density at radius 1 is 1.35 bits per heavy atom. The highest BCUT2D eigenvalue weighted by Gasteiger charge is 2.27. The minimum Gasteiger partial charge on any atom is -0.396 e. The van der Waals surface area contributed by atoms with Gasteiger partial charge in [-0.05, 0) is 12.8 Å². The van der Waals surface area contributed by atoms with E-state index in [0.717, 1.165) is 19.3 Å². The molecule has 2 atom stereocenters. The number of hydrogen-bond acceptors (Lipinski definition) is 8. The van der Waals surface area contributed by atoms with E-state index < -0.39 is 0 Å². The fraction of sp³-hybridized carbons (Fsp3) is 0.545. The lowest BCUT2D eigenvalue weighted by Gasteiger charge is -2.19. The van der Waals surface area contributed by atoms with E-state index in [1.54, 1.807) is 0 Å². The molecule has 9 nitrogen and oxygen atoms in total. The third kappa shape index (κ3) is 2.52. The van der Waals surface area contributed by atoms with E-state index in [4.69, 9.17) is 5.73 Å². The maximum absolute atomic E-state index is 9.33. The maximum Gasteiger partial charge on any atom is 0.258 e. The molecule has 2 heterocycles. The predicted molar refractivity (Wildman–Crippen MR) is 71.0 cm³/mol. The number of anilines is 2. The lowest BCUT2D eigenvalue weighted by Crippen LogP contribution is -2.28. The van der Waals surface area contributed by atoms with Crippen LogP contribution in [-0.2, 0) is 0 Å². The Labute approximate surface area is 115 Å². The van der Waals surface area contributed by atoms with Crippen LogP contribution in [0.3, 0.4) is 0 Å². The van der Waals surface area contributed by atoms with Crippen molar-refractivity contribution < 1.29 is 5.11 Å². The lowest BCUT2D eigenvalue weighted by molar-refractivity contribution is 0.222. The van der Waals surface area contributed by atoms with Crippen LogP contribution in [0.4, 0.5) is 11.9 Å². The Balaban J connectivity index is 1.83. The molecule has 2 unspecified atom stereocenters. The molecule has 20 heavy (non-hydrogen) atoms.